The summed E-state index contributed by atoms with van der Waals surface area (Å²) in [5, 5.41) is 34.3. The molecule has 6 nitrogen and oxygen atoms in total. The highest BCUT2D eigenvalue weighted by Crippen LogP contribution is 2.55. The molecule has 168 valence electrons. The lowest BCUT2D eigenvalue weighted by molar-refractivity contribution is -0.148. The van der Waals surface area contributed by atoms with Crippen LogP contribution in [0.3, 0.4) is 0 Å². The molecular formula is C24H37NO5. The Hall–Kier alpha value is -1.50. The minimum absolute atomic E-state index is 0.0411. The predicted molar refractivity (Wildman–Crippen MR) is 114 cm³/mol. The molecule has 1 aliphatic heterocycles. The van der Waals surface area contributed by atoms with Crippen molar-refractivity contribution < 1.29 is 24.9 Å². The molecule has 0 radical (unpaired) electrons. The number of amides is 1. The van der Waals surface area contributed by atoms with Gasteiger partial charge in [0, 0.05) is 24.3 Å². The number of hydrogen-bond acceptors (Lipinski definition) is 5. The number of Topliss-reactive ketones (excluding diaryl/α,β-unsaturated/α-hetero) is 1. The van der Waals surface area contributed by atoms with Gasteiger partial charge >= 0.3 is 0 Å². The molecule has 3 aliphatic rings. The number of carbonyl (C=O) groups excluding carboxylic acids is 2. The Labute approximate surface area is 179 Å². The van der Waals surface area contributed by atoms with Crippen molar-refractivity contribution >= 4 is 11.7 Å². The zero-order chi connectivity index (χ0) is 22.4. The molecule has 0 saturated carbocycles. The normalized spacial score (nSPS) is 44.4. The summed E-state index contributed by atoms with van der Waals surface area (Å²) in [6, 6.07) is -0.117. The number of hydrogen-bond donors (Lipinski definition) is 4. The molecule has 1 amide bonds. The zero-order valence-corrected chi connectivity index (χ0v) is 18.8. The van der Waals surface area contributed by atoms with Gasteiger partial charge < -0.3 is 20.6 Å². The van der Waals surface area contributed by atoms with Gasteiger partial charge in [0.15, 0.2) is 5.78 Å². The quantitative estimate of drug-likeness (QED) is 0.405. The van der Waals surface area contributed by atoms with E-state index in [9.17, 15) is 24.9 Å². The zero-order valence-electron chi connectivity index (χ0n) is 18.8. The number of aliphatic hydroxyl groups excluding tert-OH is 3. The molecule has 6 heteroatoms. The predicted octanol–water partition coefficient (Wildman–Crippen LogP) is 2.13. The van der Waals surface area contributed by atoms with E-state index in [0.717, 1.165) is 12.0 Å². The number of aliphatic hydroxyl groups is 3. The van der Waals surface area contributed by atoms with Crippen molar-refractivity contribution in [2.75, 3.05) is 0 Å². The Morgan fingerprint density at radius 3 is 2.43 bits per heavy atom. The molecule has 2 aliphatic carbocycles. The van der Waals surface area contributed by atoms with E-state index in [2.05, 4.69) is 33.0 Å². The maximum atomic E-state index is 13.8. The van der Waals surface area contributed by atoms with Crippen molar-refractivity contribution in [3.8, 4) is 0 Å². The molecule has 8 atom stereocenters. The van der Waals surface area contributed by atoms with Gasteiger partial charge in [0.2, 0.25) is 5.91 Å². The smallest absolute Gasteiger partial charge is 0.235 e. The highest BCUT2D eigenvalue weighted by molar-refractivity contribution is 6.09. The molecule has 3 rings (SSSR count). The van der Waals surface area contributed by atoms with Gasteiger partial charge in [0.25, 0.3) is 0 Å². The van der Waals surface area contributed by atoms with E-state index in [1.807, 2.05) is 19.1 Å². The lowest BCUT2D eigenvalue weighted by Crippen LogP contribution is -2.53. The van der Waals surface area contributed by atoms with Crippen LogP contribution in [0.5, 0.6) is 0 Å². The Balaban J connectivity index is 2.18. The molecule has 0 aromatic rings. The first-order valence-electron chi connectivity index (χ1n) is 11.2. The van der Waals surface area contributed by atoms with Gasteiger partial charge in [-0.05, 0) is 44.9 Å². The van der Waals surface area contributed by atoms with Crippen LogP contribution in [0.1, 0.15) is 60.3 Å². The number of allylic oxidation sites excluding steroid dienone is 4. The van der Waals surface area contributed by atoms with E-state index in [4.69, 9.17) is 0 Å². The second kappa shape index (κ2) is 8.56. The van der Waals surface area contributed by atoms with Crippen LogP contribution in [-0.4, -0.2) is 51.4 Å². The Kier molecular flexibility index (Phi) is 6.61. The summed E-state index contributed by atoms with van der Waals surface area (Å²) >= 11 is 0. The fourth-order valence-corrected chi connectivity index (χ4v) is 5.88. The van der Waals surface area contributed by atoms with E-state index < -0.39 is 29.6 Å². The van der Waals surface area contributed by atoms with Gasteiger partial charge in [0.05, 0.1) is 12.2 Å². The maximum Gasteiger partial charge on any atom is 0.235 e. The third-order valence-corrected chi connectivity index (χ3v) is 7.54. The average molecular weight is 420 g/mol. The number of nitrogens with one attached hydrogen (secondary N) is 1. The van der Waals surface area contributed by atoms with E-state index in [0.29, 0.717) is 18.8 Å². The van der Waals surface area contributed by atoms with Gasteiger partial charge in [-0.1, -0.05) is 44.1 Å². The fraction of sp³-hybridized carbons (Fsp3) is 0.750. The van der Waals surface area contributed by atoms with E-state index in [-0.39, 0.29) is 36.0 Å². The van der Waals surface area contributed by atoms with Crippen molar-refractivity contribution in [2.24, 2.45) is 29.1 Å². The third kappa shape index (κ3) is 3.78. The summed E-state index contributed by atoms with van der Waals surface area (Å²) in [6.07, 6.45) is 1.35. The fourth-order valence-electron chi connectivity index (χ4n) is 5.88. The van der Waals surface area contributed by atoms with Crippen molar-refractivity contribution in [1.29, 1.82) is 0 Å². The second-order valence-corrected chi connectivity index (χ2v) is 10.1. The van der Waals surface area contributed by atoms with E-state index in [1.165, 1.54) is 5.57 Å². The van der Waals surface area contributed by atoms with Gasteiger partial charge in [0.1, 0.15) is 11.5 Å². The van der Waals surface area contributed by atoms with Crippen LogP contribution in [0.4, 0.5) is 0 Å². The third-order valence-electron chi connectivity index (χ3n) is 7.54. The molecule has 1 spiro atoms. The molecule has 0 bridgehead atoms. The molecule has 1 heterocycles. The first kappa shape index (κ1) is 23.2. The topological polar surface area (TPSA) is 107 Å². The van der Waals surface area contributed by atoms with Crippen molar-refractivity contribution in [1.82, 2.24) is 5.32 Å². The lowest BCUT2D eigenvalue weighted by atomic mass is 9.54. The Morgan fingerprint density at radius 1 is 1.13 bits per heavy atom. The van der Waals surface area contributed by atoms with Gasteiger partial charge in [-0.25, -0.2) is 0 Å². The Morgan fingerprint density at radius 2 is 1.80 bits per heavy atom. The van der Waals surface area contributed by atoms with Crippen LogP contribution in [0.25, 0.3) is 0 Å². The molecule has 0 unspecified atom stereocenters. The van der Waals surface area contributed by atoms with Crippen LogP contribution in [0.15, 0.2) is 23.3 Å². The molecule has 1 fully saturated rings. The summed E-state index contributed by atoms with van der Waals surface area (Å²) in [6.45, 7) is 10.3. The first-order valence-corrected chi connectivity index (χ1v) is 11.2. The summed E-state index contributed by atoms with van der Waals surface area (Å²) < 4.78 is 0. The molecule has 1 saturated heterocycles. The largest absolute Gasteiger partial charge is 0.390 e. The van der Waals surface area contributed by atoms with Crippen molar-refractivity contribution in [3.63, 3.8) is 0 Å². The summed E-state index contributed by atoms with van der Waals surface area (Å²) in [5.74, 6) is -0.827. The summed E-state index contributed by atoms with van der Waals surface area (Å²) in [7, 11) is 0. The second-order valence-electron chi connectivity index (χ2n) is 10.1. The minimum Gasteiger partial charge on any atom is -0.390 e. The standard InChI is InChI=1S/C24H37NO5/c1-12(2)8-17-21-15(5)14(4)10-16-9-13(3)6-7-18(26)22(29)19(27)11-20(28)24(16,21)23(30)25-17/h9-10,12,15-19,21-22,26-27,29H,6-8,11H2,1-5H3,(H,25,30)/b13-9+/t15-,16-,17-,18-,19+,21-,22-,24+/m0/s1. The van der Waals surface area contributed by atoms with Crippen LogP contribution in [0, 0.1) is 29.1 Å². The van der Waals surface area contributed by atoms with Crippen molar-refractivity contribution in [2.45, 2.75) is 84.7 Å². The van der Waals surface area contributed by atoms with Gasteiger partial charge in [-0.2, -0.15) is 0 Å². The molecule has 0 aromatic heterocycles. The van der Waals surface area contributed by atoms with E-state index in [1.54, 1.807) is 0 Å². The highest BCUT2D eigenvalue weighted by Gasteiger charge is 2.65. The number of ketones is 1. The van der Waals surface area contributed by atoms with Crippen LogP contribution >= 0.6 is 0 Å². The van der Waals surface area contributed by atoms with E-state index >= 15 is 0 Å². The molecule has 0 aromatic carbocycles. The molecule has 4 N–H and O–H groups in total. The van der Waals surface area contributed by atoms with Gasteiger partial charge in [-0.3, -0.25) is 9.59 Å². The summed E-state index contributed by atoms with van der Waals surface area (Å²) in [5.41, 5.74) is 0.834. The van der Waals surface area contributed by atoms with Crippen LogP contribution < -0.4 is 5.32 Å². The summed E-state index contributed by atoms with van der Waals surface area (Å²) in [4.78, 5) is 27.3. The first-order chi connectivity index (χ1) is 14.0. The SMILES string of the molecule is CC1=C[C@@H]2/C=C(\C)CC[C@H](O)[C@H](O)[C@H](O)CC(=O)[C@]23C(=O)N[C@@H](CC(C)C)[C@@H]3[C@H]1C. The van der Waals surface area contributed by atoms with Crippen LogP contribution in [0.2, 0.25) is 0 Å². The highest BCUT2D eigenvalue weighted by atomic mass is 16.4. The average Bonchev–Trinajstić information content (AvgIpc) is 2.94. The Bertz CT molecular complexity index is 757. The van der Waals surface area contributed by atoms with Gasteiger partial charge in [-0.15, -0.1) is 0 Å². The van der Waals surface area contributed by atoms with Crippen molar-refractivity contribution in [3.05, 3.63) is 23.3 Å². The number of carbonyl (C=O) groups is 2. The maximum absolute atomic E-state index is 13.8. The number of rotatable bonds is 2. The molecular weight excluding hydrogens is 382 g/mol. The monoisotopic (exact) mass is 419 g/mol. The van der Waals surface area contributed by atoms with Crippen LogP contribution in [-0.2, 0) is 9.59 Å². The minimum atomic E-state index is -1.41. The lowest BCUT2D eigenvalue weighted by Gasteiger charge is -2.45. The molecule has 30 heavy (non-hydrogen) atoms.